The molecule has 4 rings (SSSR count). The van der Waals surface area contributed by atoms with E-state index in [1.54, 1.807) is 11.3 Å². The largest absolute Gasteiger partial charge is 0.494 e. The number of ether oxygens (including phenoxy) is 1. The average Bonchev–Trinajstić information content (AvgIpc) is 3.43. The Balaban J connectivity index is 1.43. The fraction of sp³-hybridized carbons (Fsp3) is 0.304. The molecule has 0 radical (unpaired) electrons. The molecule has 0 aliphatic carbocycles. The Morgan fingerprint density at radius 1 is 1.17 bits per heavy atom. The van der Waals surface area contributed by atoms with Crippen LogP contribution in [0, 0.1) is 0 Å². The van der Waals surface area contributed by atoms with Crippen LogP contribution in [0.1, 0.15) is 30.9 Å². The molecule has 1 fully saturated rings. The van der Waals surface area contributed by atoms with Gasteiger partial charge in [-0.1, -0.05) is 30.3 Å². The van der Waals surface area contributed by atoms with Crippen molar-refractivity contribution in [3.8, 4) is 17.0 Å². The Morgan fingerprint density at radius 2 is 2.00 bits per heavy atom. The second-order valence-corrected chi connectivity index (χ2v) is 7.92. The van der Waals surface area contributed by atoms with Crippen LogP contribution in [0.15, 0.2) is 59.0 Å². The second kappa shape index (κ2) is 9.67. The first-order valence-corrected chi connectivity index (χ1v) is 11.0. The van der Waals surface area contributed by atoms with Gasteiger partial charge in [-0.15, -0.1) is 11.3 Å². The van der Waals surface area contributed by atoms with E-state index in [4.69, 9.17) is 4.74 Å². The molecule has 0 spiro atoms. The molecule has 1 saturated heterocycles. The molecule has 29 heavy (non-hydrogen) atoms. The van der Waals surface area contributed by atoms with Gasteiger partial charge in [-0.2, -0.15) is 5.10 Å². The van der Waals surface area contributed by atoms with Gasteiger partial charge in [0.05, 0.1) is 18.5 Å². The van der Waals surface area contributed by atoms with Crippen LogP contribution in [0.4, 0.5) is 5.13 Å². The summed E-state index contributed by atoms with van der Waals surface area (Å²) in [5, 5.41) is 7.21. The lowest BCUT2D eigenvalue weighted by molar-refractivity contribution is 0.305. The van der Waals surface area contributed by atoms with Crippen molar-refractivity contribution in [1.29, 1.82) is 0 Å². The van der Waals surface area contributed by atoms with E-state index < -0.39 is 0 Å². The van der Waals surface area contributed by atoms with Gasteiger partial charge in [-0.3, -0.25) is 10.3 Å². The molecule has 0 atom stereocenters. The first-order chi connectivity index (χ1) is 14.3. The number of thiazole rings is 1. The summed E-state index contributed by atoms with van der Waals surface area (Å²) >= 11 is 1.55. The molecule has 0 saturated carbocycles. The maximum atomic E-state index is 5.83. The molecule has 0 unspecified atom stereocenters. The summed E-state index contributed by atoms with van der Waals surface area (Å²) in [4.78, 5) is 7.09. The zero-order chi connectivity index (χ0) is 19.9. The fourth-order valence-electron chi connectivity index (χ4n) is 3.51. The van der Waals surface area contributed by atoms with Crippen molar-refractivity contribution < 1.29 is 4.74 Å². The van der Waals surface area contributed by atoms with Crippen molar-refractivity contribution in [3.63, 3.8) is 0 Å². The summed E-state index contributed by atoms with van der Waals surface area (Å²) in [5.74, 6) is 0.969. The van der Waals surface area contributed by atoms with Crippen LogP contribution >= 0.6 is 11.3 Å². The molecule has 2 aromatic carbocycles. The number of hydrogen-bond acceptors (Lipinski definition) is 6. The number of likely N-dealkylation sites (tertiary alicyclic amines) is 1. The quantitative estimate of drug-likeness (QED) is 0.410. The zero-order valence-corrected chi connectivity index (χ0v) is 17.5. The van der Waals surface area contributed by atoms with Crippen LogP contribution in [-0.2, 0) is 6.54 Å². The molecule has 0 amide bonds. The Kier molecular flexibility index (Phi) is 6.54. The monoisotopic (exact) mass is 406 g/mol. The van der Waals surface area contributed by atoms with Crippen molar-refractivity contribution >= 4 is 22.7 Å². The Labute approximate surface area is 176 Å². The lowest BCUT2D eigenvalue weighted by Gasteiger charge is -2.18. The average molecular weight is 407 g/mol. The predicted molar refractivity (Wildman–Crippen MR) is 121 cm³/mol. The van der Waals surface area contributed by atoms with Gasteiger partial charge >= 0.3 is 0 Å². The molecule has 0 bridgehead atoms. The van der Waals surface area contributed by atoms with Crippen molar-refractivity contribution in [2.75, 3.05) is 25.1 Å². The van der Waals surface area contributed by atoms with Crippen LogP contribution in [-0.4, -0.2) is 35.8 Å². The SMILES string of the molecule is CCOc1ccc(C=NNc2nc(-c3ccccc3)cs2)cc1CN1CCCC1. The van der Waals surface area contributed by atoms with E-state index in [0.717, 1.165) is 34.2 Å². The summed E-state index contributed by atoms with van der Waals surface area (Å²) in [6, 6.07) is 16.4. The van der Waals surface area contributed by atoms with E-state index in [1.165, 1.54) is 31.5 Å². The minimum Gasteiger partial charge on any atom is -0.494 e. The van der Waals surface area contributed by atoms with Crippen LogP contribution < -0.4 is 10.2 Å². The lowest BCUT2D eigenvalue weighted by Crippen LogP contribution is -2.19. The van der Waals surface area contributed by atoms with Gasteiger partial charge in [-0.05, 0) is 56.6 Å². The first kappa shape index (κ1) is 19.6. The Morgan fingerprint density at radius 3 is 2.79 bits per heavy atom. The molecule has 6 heteroatoms. The van der Waals surface area contributed by atoms with Crippen molar-refractivity contribution in [3.05, 3.63) is 65.0 Å². The highest BCUT2D eigenvalue weighted by Crippen LogP contribution is 2.25. The maximum absolute atomic E-state index is 5.83. The van der Waals surface area contributed by atoms with E-state index in [2.05, 4.69) is 38.6 Å². The summed E-state index contributed by atoms with van der Waals surface area (Å²) in [5.41, 5.74) is 7.39. The topological polar surface area (TPSA) is 49.8 Å². The van der Waals surface area contributed by atoms with Gasteiger partial charge in [0.2, 0.25) is 5.13 Å². The smallest absolute Gasteiger partial charge is 0.203 e. The molecular formula is C23H26N4OS. The summed E-state index contributed by atoms with van der Waals surface area (Å²) in [7, 11) is 0. The molecule has 3 aromatic rings. The van der Waals surface area contributed by atoms with E-state index in [9.17, 15) is 0 Å². The predicted octanol–water partition coefficient (Wildman–Crippen LogP) is 5.25. The highest BCUT2D eigenvalue weighted by molar-refractivity contribution is 7.14. The van der Waals surface area contributed by atoms with Crippen LogP contribution in [0.25, 0.3) is 11.3 Å². The minimum atomic E-state index is 0.676. The van der Waals surface area contributed by atoms with E-state index in [0.29, 0.717) is 6.61 Å². The van der Waals surface area contributed by atoms with Gasteiger partial charge in [0.25, 0.3) is 0 Å². The lowest BCUT2D eigenvalue weighted by atomic mass is 10.1. The number of anilines is 1. The van der Waals surface area contributed by atoms with Crippen LogP contribution in [0.3, 0.4) is 0 Å². The number of nitrogens with zero attached hydrogens (tertiary/aromatic N) is 3. The number of hydrogen-bond donors (Lipinski definition) is 1. The maximum Gasteiger partial charge on any atom is 0.203 e. The first-order valence-electron chi connectivity index (χ1n) is 10.1. The standard InChI is InChI=1S/C23H26N4OS/c1-2-28-22-11-10-18(14-20(22)16-27-12-6-7-13-27)15-24-26-23-25-21(17-29-23)19-8-4-3-5-9-19/h3-5,8-11,14-15,17H,2,6-7,12-13,16H2,1H3,(H,25,26). The molecule has 5 nitrogen and oxygen atoms in total. The molecule has 2 heterocycles. The van der Waals surface area contributed by atoms with Gasteiger partial charge in [0.15, 0.2) is 0 Å². The van der Waals surface area contributed by atoms with Crippen LogP contribution in [0.5, 0.6) is 5.75 Å². The highest BCUT2D eigenvalue weighted by atomic mass is 32.1. The summed E-state index contributed by atoms with van der Waals surface area (Å²) < 4.78 is 5.83. The van der Waals surface area contributed by atoms with Gasteiger partial charge in [0, 0.05) is 23.1 Å². The Hall–Kier alpha value is -2.70. The van der Waals surface area contributed by atoms with Crippen molar-refractivity contribution in [2.24, 2.45) is 5.10 Å². The molecular weight excluding hydrogens is 380 g/mol. The van der Waals surface area contributed by atoms with E-state index in [-0.39, 0.29) is 0 Å². The third kappa shape index (κ3) is 5.22. The van der Waals surface area contributed by atoms with Gasteiger partial charge in [0.1, 0.15) is 5.75 Å². The zero-order valence-electron chi connectivity index (χ0n) is 16.7. The number of benzene rings is 2. The van der Waals surface area contributed by atoms with Gasteiger partial charge in [-0.25, -0.2) is 4.98 Å². The molecule has 1 aliphatic heterocycles. The molecule has 1 aromatic heterocycles. The van der Waals surface area contributed by atoms with E-state index >= 15 is 0 Å². The van der Waals surface area contributed by atoms with Crippen LogP contribution in [0.2, 0.25) is 0 Å². The fourth-order valence-corrected chi connectivity index (χ4v) is 4.18. The summed E-state index contributed by atoms with van der Waals surface area (Å²) in [6.07, 6.45) is 4.41. The third-order valence-electron chi connectivity index (χ3n) is 4.92. The molecule has 1 aliphatic rings. The van der Waals surface area contributed by atoms with Gasteiger partial charge < -0.3 is 4.74 Å². The second-order valence-electron chi connectivity index (χ2n) is 7.06. The van der Waals surface area contributed by atoms with Crippen molar-refractivity contribution in [1.82, 2.24) is 9.88 Å². The third-order valence-corrected chi connectivity index (χ3v) is 5.67. The minimum absolute atomic E-state index is 0.676. The number of hydrazone groups is 1. The number of aromatic nitrogens is 1. The normalized spacial score (nSPS) is 14.5. The summed E-state index contributed by atoms with van der Waals surface area (Å²) in [6.45, 7) is 5.96. The highest BCUT2D eigenvalue weighted by Gasteiger charge is 2.14. The number of rotatable bonds is 8. The van der Waals surface area contributed by atoms with E-state index in [1.807, 2.05) is 48.9 Å². The number of nitrogens with one attached hydrogen (secondary N) is 1. The van der Waals surface area contributed by atoms with Crippen molar-refractivity contribution in [2.45, 2.75) is 26.3 Å². The molecule has 1 N–H and O–H groups in total. The Bertz CT molecular complexity index is 949. The molecule has 150 valence electrons.